The second kappa shape index (κ2) is 10.9. The summed E-state index contributed by atoms with van der Waals surface area (Å²) in [6, 6.07) is 8.09. The van der Waals surface area contributed by atoms with E-state index in [0.717, 1.165) is 24.8 Å². The third kappa shape index (κ3) is 4.51. The van der Waals surface area contributed by atoms with E-state index in [0.29, 0.717) is 32.6 Å². The minimum atomic E-state index is -1.30. The molecule has 1 unspecified atom stereocenters. The molecule has 2 fully saturated rings. The molecule has 5 rings (SSSR count). The number of fused-ring (bicyclic) bond motifs is 2. The van der Waals surface area contributed by atoms with Gasteiger partial charge in [-0.15, -0.1) is 0 Å². The predicted octanol–water partition coefficient (Wildman–Crippen LogP) is 2.57. The summed E-state index contributed by atoms with van der Waals surface area (Å²) in [5, 5.41) is 10.6. The third-order valence-electron chi connectivity index (χ3n) is 8.86. The first-order valence-electron chi connectivity index (χ1n) is 14.4. The predicted molar refractivity (Wildman–Crippen MR) is 147 cm³/mol. The molecule has 39 heavy (non-hydrogen) atoms. The van der Waals surface area contributed by atoms with E-state index in [1.54, 1.807) is 14.7 Å². The van der Waals surface area contributed by atoms with Gasteiger partial charge < -0.3 is 24.5 Å². The summed E-state index contributed by atoms with van der Waals surface area (Å²) >= 11 is 0. The van der Waals surface area contributed by atoms with Crippen LogP contribution in [-0.2, 0) is 25.5 Å². The van der Waals surface area contributed by atoms with E-state index in [1.165, 1.54) is 0 Å². The Morgan fingerprint density at radius 3 is 2.28 bits per heavy atom. The Balaban J connectivity index is 1.62. The van der Waals surface area contributed by atoms with Gasteiger partial charge in [0.25, 0.3) is 0 Å². The number of hydrogen-bond acceptors (Lipinski definition) is 5. The van der Waals surface area contributed by atoms with Crippen LogP contribution in [0.3, 0.4) is 0 Å². The molecule has 0 radical (unpaired) electrons. The molecule has 210 valence electrons. The van der Waals surface area contributed by atoms with Gasteiger partial charge in [-0.2, -0.15) is 0 Å². The van der Waals surface area contributed by atoms with Crippen LogP contribution in [-0.4, -0.2) is 93.6 Å². The van der Waals surface area contributed by atoms with Crippen molar-refractivity contribution in [3.05, 3.63) is 60.2 Å². The number of aliphatic hydroxyl groups excluding tert-OH is 1. The summed E-state index contributed by atoms with van der Waals surface area (Å²) < 4.78 is 6.88. The minimum absolute atomic E-state index is 0.114. The monoisotopic (exact) mass is 535 g/mol. The number of amides is 3. The van der Waals surface area contributed by atoms with Gasteiger partial charge in [-0.3, -0.25) is 14.4 Å². The molecular formula is C31H41N3O5. The Morgan fingerprint density at radius 2 is 1.62 bits per heavy atom. The Labute approximate surface area is 231 Å². The lowest BCUT2D eigenvalue weighted by Crippen LogP contribution is -2.59. The molecule has 0 bridgehead atoms. The van der Waals surface area contributed by atoms with Crippen LogP contribution >= 0.6 is 0 Å². The zero-order valence-corrected chi connectivity index (χ0v) is 23.3. The number of nitrogens with zero attached hydrogens (tertiary/aromatic N) is 3. The summed E-state index contributed by atoms with van der Waals surface area (Å²) in [4.78, 5) is 48.1. The Hall–Kier alpha value is -2.97. The minimum Gasteiger partial charge on any atom is -0.394 e. The Kier molecular flexibility index (Phi) is 7.71. The number of aliphatic hydroxyl groups is 1. The maximum Gasteiger partial charge on any atom is 0.249 e. The molecule has 1 aromatic carbocycles. The summed E-state index contributed by atoms with van der Waals surface area (Å²) in [5.41, 5.74) is -1.36. The second-order valence-corrected chi connectivity index (χ2v) is 11.5. The first-order chi connectivity index (χ1) is 18.8. The van der Waals surface area contributed by atoms with E-state index in [2.05, 4.69) is 6.92 Å². The largest absolute Gasteiger partial charge is 0.394 e. The molecule has 1 aromatic rings. The van der Waals surface area contributed by atoms with Crippen LogP contribution in [0.2, 0.25) is 0 Å². The molecule has 0 aliphatic carbocycles. The SMILES string of the molecule is CCCCN1CC=C[C@]23O[C@@]4(C)C=CCN(CCC)C(=O)[C@H]4[C@H]2C(=O)N([C@@H](CO)Cc2ccccc2)C3C1=O. The summed E-state index contributed by atoms with van der Waals surface area (Å²) in [5.74, 6) is -2.22. The van der Waals surface area contributed by atoms with Crippen molar-refractivity contribution in [1.29, 1.82) is 0 Å². The van der Waals surface area contributed by atoms with E-state index in [1.807, 2.05) is 68.5 Å². The van der Waals surface area contributed by atoms with Crippen molar-refractivity contribution in [1.82, 2.24) is 14.7 Å². The van der Waals surface area contributed by atoms with E-state index in [9.17, 15) is 19.5 Å². The van der Waals surface area contributed by atoms with Gasteiger partial charge in [-0.25, -0.2) is 0 Å². The van der Waals surface area contributed by atoms with Gasteiger partial charge in [0.05, 0.1) is 30.1 Å². The van der Waals surface area contributed by atoms with Crippen LogP contribution in [0.1, 0.15) is 45.6 Å². The molecule has 3 amide bonds. The number of ether oxygens (including phenoxy) is 1. The van der Waals surface area contributed by atoms with Crippen LogP contribution in [0.15, 0.2) is 54.6 Å². The van der Waals surface area contributed by atoms with Crippen molar-refractivity contribution >= 4 is 17.7 Å². The summed E-state index contributed by atoms with van der Waals surface area (Å²) in [7, 11) is 0. The maximum absolute atomic E-state index is 14.6. The van der Waals surface area contributed by atoms with Crippen molar-refractivity contribution in [3.63, 3.8) is 0 Å². The zero-order chi connectivity index (χ0) is 27.8. The van der Waals surface area contributed by atoms with Gasteiger partial charge in [0.15, 0.2) is 0 Å². The van der Waals surface area contributed by atoms with Gasteiger partial charge in [0, 0.05) is 26.2 Å². The van der Waals surface area contributed by atoms with Gasteiger partial charge in [-0.05, 0) is 31.7 Å². The quantitative estimate of drug-likeness (QED) is 0.491. The highest BCUT2D eigenvalue weighted by Gasteiger charge is 2.75. The standard InChI is InChI=1S/C31H41N3O5/c1-4-6-17-33-19-11-15-31-25(24-27(36)32(16-5-2)18-10-14-30(24,3)39-31)28(37)34(26(31)29(33)38)23(21-35)20-22-12-8-7-9-13-22/h7-15,23-26,35H,4-6,16-21H2,1-3H3/t23-,24-,25+,26?,30+,31+/m1/s1. The smallest absolute Gasteiger partial charge is 0.249 e. The van der Waals surface area contributed by atoms with Crippen molar-refractivity contribution < 1.29 is 24.2 Å². The van der Waals surface area contributed by atoms with Crippen LogP contribution in [0, 0.1) is 11.8 Å². The molecule has 6 atom stereocenters. The second-order valence-electron chi connectivity index (χ2n) is 11.5. The molecule has 1 spiro atoms. The highest BCUT2D eigenvalue weighted by molar-refractivity contribution is 6.00. The number of hydrogen-bond donors (Lipinski definition) is 1. The fourth-order valence-electron chi connectivity index (χ4n) is 7.11. The van der Waals surface area contributed by atoms with Crippen molar-refractivity contribution in [2.24, 2.45) is 11.8 Å². The molecule has 1 N–H and O–H groups in total. The Bertz CT molecular complexity index is 1150. The molecule has 4 aliphatic heterocycles. The fraction of sp³-hybridized carbons (Fsp3) is 0.581. The number of likely N-dealkylation sites (tertiary alicyclic amines) is 1. The number of carbonyl (C=O) groups is 3. The molecule has 0 saturated carbocycles. The van der Waals surface area contributed by atoms with E-state index < -0.39 is 35.1 Å². The molecule has 0 aromatic heterocycles. The van der Waals surface area contributed by atoms with Crippen molar-refractivity contribution in [2.75, 3.05) is 32.8 Å². The number of carbonyl (C=O) groups excluding carboxylic acids is 3. The topological polar surface area (TPSA) is 90.4 Å². The van der Waals surface area contributed by atoms with Crippen LogP contribution in [0.25, 0.3) is 0 Å². The number of benzene rings is 1. The highest BCUT2D eigenvalue weighted by Crippen LogP contribution is 2.58. The van der Waals surface area contributed by atoms with Crippen molar-refractivity contribution in [3.8, 4) is 0 Å². The van der Waals surface area contributed by atoms with E-state index in [-0.39, 0.29) is 24.3 Å². The molecule has 4 heterocycles. The lowest BCUT2D eigenvalue weighted by Gasteiger charge is -2.40. The van der Waals surface area contributed by atoms with Gasteiger partial charge in [0.2, 0.25) is 17.7 Å². The summed E-state index contributed by atoms with van der Waals surface area (Å²) in [6.45, 7) is 7.73. The van der Waals surface area contributed by atoms with E-state index >= 15 is 0 Å². The van der Waals surface area contributed by atoms with Gasteiger partial charge in [0.1, 0.15) is 11.6 Å². The molecule has 8 nitrogen and oxygen atoms in total. The van der Waals surface area contributed by atoms with Crippen LogP contribution in [0.4, 0.5) is 0 Å². The molecular weight excluding hydrogens is 494 g/mol. The number of rotatable bonds is 9. The fourth-order valence-corrected chi connectivity index (χ4v) is 7.11. The Morgan fingerprint density at radius 1 is 0.923 bits per heavy atom. The average molecular weight is 536 g/mol. The lowest BCUT2D eigenvalue weighted by atomic mass is 9.74. The van der Waals surface area contributed by atoms with E-state index in [4.69, 9.17) is 4.74 Å². The third-order valence-corrected chi connectivity index (χ3v) is 8.86. The van der Waals surface area contributed by atoms with Gasteiger partial charge >= 0.3 is 0 Å². The molecule has 4 aliphatic rings. The first kappa shape index (κ1) is 27.6. The van der Waals surface area contributed by atoms with Crippen molar-refractivity contribution in [2.45, 2.75) is 69.7 Å². The average Bonchev–Trinajstić information content (AvgIpc) is 3.21. The summed E-state index contributed by atoms with van der Waals surface area (Å²) in [6.07, 6.45) is 10.6. The van der Waals surface area contributed by atoms with Gasteiger partial charge in [-0.1, -0.05) is 74.9 Å². The molecule has 8 heteroatoms. The lowest BCUT2D eigenvalue weighted by molar-refractivity contribution is -0.155. The van der Waals surface area contributed by atoms with Crippen LogP contribution in [0.5, 0.6) is 0 Å². The molecule has 2 saturated heterocycles. The van der Waals surface area contributed by atoms with Crippen LogP contribution < -0.4 is 0 Å². The zero-order valence-electron chi connectivity index (χ0n) is 23.3. The highest BCUT2D eigenvalue weighted by atomic mass is 16.5. The maximum atomic E-state index is 14.6. The first-order valence-corrected chi connectivity index (χ1v) is 14.4. The number of unbranched alkanes of at least 4 members (excludes halogenated alkanes) is 1. The normalized spacial score (nSPS) is 32.7.